The highest BCUT2D eigenvalue weighted by atomic mass is 19.1. The molecule has 0 aromatic heterocycles. The summed E-state index contributed by atoms with van der Waals surface area (Å²) in [6, 6.07) is 20.5. The number of halogens is 1. The van der Waals surface area contributed by atoms with Crippen LogP contribution in [0.3, 0.4) is 0 Å². The van der Waals surface area contributed by atoms with Gasteiger partial charge in [0.15, 0.2) is 0 Å². The summed E-state index contributed by atoms with van der Waals surface area (Å²) in [6.45, 7) is 8.32. The van der Waals surface area contributed by atoms with E-state index in [1.807, 2.05) is 51.1 Å². The first-order chi connectivity index (χ1) is 19.0. The van der Waals surface area contributed by atoms with E-state index in [2.05, 4.69) is 15.5 Å². The van der Waals surface area contributed by atoms with Gasteiger partial charge in [-0.15, -0.1) is 0 Å². The van der Waals surface area contributed by atoms with Crippen molar-refractivity contribution < 1.29 is 18.8 Å². The molecular formula is C31H36FN5O3. The van der Waals surface area contributed by atoms with Gasteiger partial charge in [0.1, 0.15) is 5.82 Å². The van der Waals surface area contributed by atoms with Crippen molar-refractivity contribution in [1.82, 2.24) is 15.1 Å². The first-order valence-electron chi connectivity index (χ1n) is 13.3. The van der Waals surface area contributed by atoms with Crippen LogP contribution in [0.15, 0.2) is 72.8 Å². The van der Waals surface area contributed by atoms with Crippen molar-refractivity contribution in [3.05, 3.63) is 95.3 Å². The largest absolute Gasteiger partial charge is 0.367 e. The molecule has 2 N–H and O–H groups in total. The maximum absolute atomic E-state index is 14.2. The van der Waals surface area contributed by atoms with E-state index < -0.39 is 11.7 Å². The quantitative estimate of drug-likeness (QED) is 0.458. The lowest BCUT2D eigenvalue weighted by atomic mass is 10.1. The summed E-state index contributed by atoms with van der Waals surface area (Å²) in [7, 11) is 1.73. The standard InChI is InChI=1S/C31H36FN5O3/c1-31(2,3)34-30(40)37-18-16-36(17-19-37)27-15-14-23(33-28(38)24-12-8-9-13-26(24)32)20-25(27)29(39)35(4)21-22-10-6-5-7-11-22/h5-15,20H,16-19,21H2,1-4H3,(H,33,38)(H,34,40). The average molecular weight is 546 g/mol. The number of carbonyl (C=O) groups is 3. The molecule has 4 amide bonds. The zero-order chi connectivity index (χ0) is 28.9. The third-order valence-electron chi connectivity index (χ3n) is 6.60. The fraction of sp³-hybridized carbons (Fsp3) is 0.323. The Morgan fingerprint density at radius 2 is 1.52 bits per heavy atom. The van der Waals surface area contributed by atoms with Crippen LogP contribution in [0.25, 0.3) is 0 Å². The highest BCUT2D eigenvalue weighted by Crippen LogP contribution is 2.28. The number of piperazine rings is 1. The monoisotopic (exact) mass is 545 g/mol. The van der Waals surface area contributed by atoms with E-state index >= 15 is 0 Å². The first-order valence-corrected chi connectivity index (χ1v) is 13.3. The highest BCUT2D eigenvalue weighted by Gasteiger charge is 2.27. The fourth-order valence-corrected chi connectivity index (χ4v) is 4.59. The van der Waals surface area contributed by atoms with Gasteiger partial charge in [-0.3, -0.25) is 9.59 Å². The summed E-state index contributed by atoms with van der Waals surface area (Å²) < 4.78 is 14.2. The second kappa shape index (κ2) is 12.2. The maximum atomic E-state index is 14.2. The van der Waals surface area contributed by atoms with Gasteiger partial charge in [0.05, 0.1) is 11.1 Å². The van der Waals surface area contributed by atoms with Crippen LogP contribution in [0.1, 0.15) is 47.1 Å². The fourth-order valence-electron chi connectivity index (χ4n) is 4.59. The van der Waals surface area contributed by atoms with Crippen LogP contribution < -0.4 is 15.5 Å². The number of hydrogen-bond acceptors (Lipinski definition) is 4. The SMILES string of the molecule is CN(Cc1ccccc1)C(=O)c1cc(NC(=O)c2ccccc2F)ccc1N1CCN(C(=O)NC(C)(C)C)CC1. The number of hydrogen-bond donors (Lipinski definition) is 2. The third kappa shape index (κ3) is 7.16. The minimum absolute atomic E-state index is 0.0784. The van der Waals surface area contributed by atoms with Crippen LogP contribution in [0.2, 0.25) is 0 Å². The molecule has 210 valence electrons. The van der Waals surface area contributed by atoms with E-state index in [-0.39, 0.29) is 23.0 Å². The summed E-state index contributed by atoms with van der Waals surface area (Å²) in [5, 5.41) is 5.72. The van der Waals surface area contributed by atoms with Crippen molar-refractivity contribution in [2.75, 3.05) is 43.4 Å². The molecule has 8 nitrogen and oxygen atoms in total. The smallest absolute Gasteiger partial charge is 0.317 e. The van der Waals surface area contributed by atoms with Gasteiger partial charge in [-0.05, 0) is 56.7 Å². The third-order valence-corrected chi connectivity index (χ3v) is 6.60. The zero-order valence-electron chi connectivity index (χ0n) is 23.4. The number of carbonyl (C=O) groups excluding carboxylic acids is 3. The minimum atomic E-state index is -0.621. The Kier molecular flexibility index (Phi) is 8.72. The predicted octanol–water partition coefficient (Wildman–Crippen LogP) is 4.98. The van der Waals surface area contributed by atoms with Crippen molar-refractivity contribution in [3.8, 4) is 0 Å². The molecule has 1 saturated heterocycles. The van der Waals surface area contributed by atoms with Crippen LogP contribution in [0.4, 0.5) is 20.6 Å². The summed E-state index contributed by atoms with van der Waals surface area (Å²) >= 11 is 0. The van der Waals surface area contributed by atoms with Crippen molar-refractivity contribution in [1.29, 1.82) is 0 Å². The Hall–Kier alpha value is -4.40. The second-order valence-electron chi connectivity index (χ2n) is 11.0. The summed E-state index contributed by atoms with van der Waals surface area (Å²) in [5.74, 6) is -1.43. The average Bonchev–Trinajstić information content (AvgIpc) is 2.92. The van der Waals surface area contributed by atoms with E-state index in [9.17, 15) is 18.8 Å². The number of rotatable bonds is 6. The molecule has 9 heteroatoms. The Labute approximate surface area is 234 Å². The summed E-state index contributed by atoms with van der Waals surface area (Å²) in [6.07, 6.45) is 0. The van der Waals surface area contributed by atoms with Gasteiger partial charge >= 0.3 is 6.03 Å². The molecule has 4 rings (SSSR count). The molecule has 0 aliphatic carbocycles. The van der Waals surface area contributed by atoms with Crippen LogP contribution in [-0.4, -0.2) is 66.4 Å². The number of urea groups is 1. The van der Waals surface area contributed by atoms with Crippen LogP contribution >= 0.6 is 0 Å². The van der Waals surface area contributed by atoms with E-state index in [1.165, 1.54) is 18.2 Å². The Morgan fingerprint density at radius 1 is 0.875 bits per heavy atom. The molecule has 0 unspecified atom stereocenters. The molecule has 0 radical (unpaired) electrons. The van der Waals surface area contributed by atoms with E-state index in [1.54, 1.807) is 41.1 Å². The maximum Gasteiger partial charge on any atom is 0.317 e. The lowest BCUT2D eigenvalue weighted by molar-refractivity contribution is 0.0785. The molecule has 0 atom stereocenters. The molecule has 0 saturated carbocycles. The molecule has 40 heavy (non-hydrogen) atoms. The zero-order valence-corrected chi connectivity index (χ0v) is 23.4. The predicted molar refractivity (Wildman–Crippen MR) is 155 cm³/mol. The Morgan fingerprint density at radius 3 is 2.17 bits per heavy atom. The molecule has 3 aromatic carbocycles. The van der Waals surface area contributed by atoms with Crippen molar-refractivity contribution in [2.24, 2.45) is 0 Å². The molecule has 1 heterocycles. The van der Waals surface area contributed by atoms with Crippen LogP contribution in [0.5, 0.6) is 0 Å². The van der Waals surface area contributed by atoms with Gasteiger partial charge in [0.2, 0.25) is 0 Å². The van der Waals surface area contributed by atoms with Crippen LogP contribution in [-0.2, 0) is 6.54 Å². The molecule has 1 fully saturated rings. The van der Waals surface area contributed by atoms with Gasteiger partial charge in [0, 0.05) is 56.7 Å². The lowest BCUT2D eigenvalue weighted by Gasteiger charge is -2.38. The molecule has 0 spiro atoms. The van der Waals surface area contributed by atoms with E-state index in [0.717, 1.165) is 5.56 Å². The highest BCUT2D eigenvalue weighted by molar-refractivity contribution is 6.06. The Balaban J connectivity index is 1.57. The normalized spacial score (nSPS) is 13.5. The lowest BCUT2D eigenvalue weighted by Crippen LogP contribution is -2.55. The number of anilines is 2. The number of amides is 4. The number of nitrogens with one attached hydrogen (secondary N) is 2. The van der Waals surface area contributed by atoms with Gasteiger partial charge in [-0.25, -0.2) is 9.18 Å². The van der Waals surface area contributed by atoms with Gasteiger partial charge in [0.25, 0.3) is 11.8 Å². The van der Waals surface area contributed by atoms with Gasteiger partial charge < -0.3 is 25.3 Å². The molecule has 3 aromatic rings. The molecule has 1 aliphatic rings. The molecule has 0 bridgehead atoms. The van der Waals surface area contributed by atoms with E-state index in [0.29, 0.717) is 49.7 Å². The number of benzene rings is 3. The number of nitrogens with zero attached hydrogens (tertiary/aromatic N) is 3. The van der Waals surface area contributed by atoms with Crippen molar-refractivity contribution >= 4 is 29.2 Å². The minimum Gasteiger partial charge on any atom is -0.367 e. The molecule has 1 aliphatic heterocycles. The van der Waals surface area contributed by atoms with Crippen LogP contribution in [0, 0.1) is 5.82 Å². The second-order valence-corrected chi connectivity index (χ2v) is 11.0. The summed E-state index contributed by atoms with van der Waals surface area (Å²) in [5.41, 5.74) is 2.09. The van der Waals surface area contributed by atoms with Crippen molar-refractivity contribution in [3.63, 3.8) is 0 Å². The van der Waals surface area contributed by atoms with Crippen molar-refractivity contribution in [2.45, 2.75) is 32.9 Å². The van der Waals surface area contributed by atoms with Gasteiger partial charge in [-0.2, -0.15) is 0 Å². The van der Waals surface area contributed by atoms with E-state index in [4.69, 9.17) is 0 Å². The first kappa shape index (κ1) is 28.6. The van der Waals surface area contributed by atoms with Gasteiger partial charge in [-0.1, -0.05) is 42.5 Å². The topological polar surface area (TPSA) is 85.0 Å². The summed E-state index contributed by atoms with van der Waals surface area (Å²) in [4.78, 5) is 44.7. The Bertz CT molecular complexity index is 1360. The molecular weight excluding hydrogens is 509 g/mol.